The molecule has 3 unspecified atom stereocenters. The van der Waals surface area contributed by atoms with Gasteiger partial charge in [0.15, 0.2) is 0 Å². The summed E-state index contributed by atoms with van der Waals surface area (Å²) in [5.41, 5.74) is 4.04. The summed E-state index contributed by atoms with van der Waals surface area (Å²) in [6.45, 7) is 1.38. The van der Waals surface area contributed by atoms with Crippen LogP contribution < -0.4 is 20.3 Å². The van der Waals surface area contributed by atoms with E-state index in [0.29, 0.717) is 18.7 Å². The van der Waals surface area contributed by atoms with E-state index in [9.17, 15) is 10.1 Å². The Labute approximate surface area is 212 Å². The molecule has 2 aromatic carbocycles. The molecule has 2 aliphatic carbocycles. The first-order valence-corrected chi connectivity index (χ1v) is 13.4. The van der Waals surface area contributed by atoms with Crippen molar-refractivity contribution in [2.45, 2.75) is 81.5 Å². The van der Waals surface area contributed by atoms with E-state index in [4.69, 9.17) is 9.47 Å². The van der Waals surface area contributed by atoms with E-state index >= 15 is 0 Å². The van der Waals surface area contributed by atoms with E-state index in [1.807, 2.05) is 18.2 Å². The first-order valence-electron chi connectivity index (χ1n) is 13.4. The highest BCUT2D eigenvalue weighted by Gasteiger charge is 2.44. The van der Waals surface area contributed by atoms with E-state index in [1.54, 1.807) is 0 Å². The van der Waals surface area contributed by atoms with Crippen molar-refractivity contribution in [2.24, 2.45) is 0 Å². The van der Waals surface area contributed by atoms with Gasteiger partial charge in [-0.15, -0.1) is 0 Å². The predicted octanol–water partition coefficient (Wildman–Crippen LogP) is 5.64. The van der Waals surface area contributed by atoms with Crippen molar-refractivity contribution in [3.8, 4) is 11.8 Å². The molecule has 0 radical (unpaired) electrons. The lowest BCUT2D eigenvalue weighted by atomic mass is 9.87. The maximum Gasteiger partial charge on any atom is 0.319 e. The van der Waals surface area contributed by atoms with Gasteiger partial charge >= 0.3 is 6.03 Å². The van der Waals surface area contributed by atoms with Gasteiger partial charge < -0.3 is 25.0 Å². The normalized spacial score (nSPS) is 25.4. The maximum absolute atomic E-state index is 12.3. The fourth-order valence-electron chi connectivity index (χ4n) is 5.80. The summed E-state index contributed by atoms with van der Waals surface area (Å²) in [7, 11) is 0. The number of rotatable bonds is 7. The summed E-state index contributed by atoms with van der Waals surface area (Å²) >= 11 is 0. The Balaban J connectivity index is 1.22. The maximum atomic E-state index is 12.3. The number of ether oxygens (including phenoxy) is 2. The Morgan fingerprint density at radius 2 is 1.86 bits per heavy atom. The third-order valence-corrected chi connectivity index (χ3v) is 8.25. The number of urea groups is 1. The summed E-state index contributed by atoms with van der Waals surface area (Å²) in [6, 6.07) is 17.3. The van der Waals surface area contributed by atoms with Gasteiger partial charge in [0.25, 0.3) is 0 Å². The van der Waals surface area contributed by atoms with Crippen molar-refractivity contribution in [1.82, 2.24) is 5.32 Å². The minimum absolute atomic E-state index is 0.0541. The van der Waals surface area contributed by atoms with Gasteiger partial charge in [0.1, 0.15) is 12.4 Å². The van der Waals surface area contributed by atoms with Gasteiger partial charge in [-0.2, -0.15) is 5.26 Å². The standard InChI is InChI=1S/C29H34N4O3/c30-17-26-25-14-13-23(36-18-24-8-3-15-35-24)16-27(25)33(22-6-2-7-22)28(26)19-9-11-21(12-10-19)32-29(34)31-20-4-1-5-20/h9-14,16,20,22,24,26,28H,1-8,15,18H2,(H2,31,32,34). The summed E-state index contributed by atoms with van der Waals surface area (Å²) in [4.78, 5) is 14.7. The number of hydrogen-bond donors (Lipinski definition) is 2. The van der Waals surface area contributed by atoms with Gasteiger partial charge in [-0.1, -0.05) is 18.2 Å². The van der Waals surface area contributed by atoms with Crippen LogP contribution in [0, 0.1) is 11.3 Å². The molecule has 2 heterocycles. The second-order valence-electron chi connectivity index (χ2n) is 10.6. The summed E-state index contributed by atoms with van der Waals surface area (Å²) < 4.78 is 11.8. The van der Waals surface area contributed by atoms with Gasteiger partial charge in [0, 0.05) is 36.1 Å². The number of nitriles is 1. The van der Waals surface area contributed by atoms with Crippen LogP contribution in [0.4, 0.5) is 16.2 Å². The van der Waals surface area contributed by atoms with Gasteiger partial charge in [-0.3, -0.25) is 0 Å². The largest absolute Gasteiger partial charge is 0.491 e. The third kappa shape index (κ3) is 4.51. The van der Waals surface area contributed by atoms with Crippen LogP contribution in [0.1, 0.15) is 74.5 Å². The molecule has 0 spiro atoms. The number of hydrogen-bond acceptors (Lipinski definition) is 5. The molecule has 2 N–H and O–H groups in total. The first kappa shape index (κ1) is 23.2. The molecule has 0 bridgehead atoms. The molecule has 188 valence electrons. The summed E-state index contributed by atoms with van der Waals surface area (Å²) in [5.74, 6) is 0.580. The topological polar surface area (TPSA) is 86.6 Å². The van der Waals surface area contributed by atoms with Gasteiger partial charge in [0.05, 0.1) is 24.1 Å². The highest BCUT2D eigenvalue weighted by atomic mass is 16.5. The van der Waals surface area contributed by atoms with Crippen molar-refractivity contribution in [1.29, 1.82) is 5.26 Å². The molecule has 2 amide bonds. The van der Waals surface area contributed by atoms with Gasteiger partial charge in [-0.05, 0) is 80.7 Å². The average molecular weight is 487 g/mol. The number of fused-ring (bicyclic) bond motifs is 1. The molecular weight excluding hydrogens is 452 g/mol. The fourth-order valence-corrected chi connectivity index (χ4v) is 5.80. The zero-order valence-corrected chi connectivity index (χ0v) is 20.6. The monoisotopic (exact) mass is 486 g/mol. The molecule has 7 nitrogen and oxygen atoms in total. The molecule has 3 fully saturated rings. The Bertz CT molecular complexity index is 1130. The molecule has 6 rings (SSSR count). The number of benzene rings is 2. The lowest BCUT2D eigenvalue weighted by Crippen LogP contribution is -2.42. The van der Waals surface area contributed by atoms with Crippen LogP contribution in [0.2, 0.25) is 0 Å². The fraction of sp³-hybridized carbons (Fsp3) is 0.517. The Kier molecular flexibility index (Phi) is 6.45. The van der Waals surface area contributed by atoms with Crippen LogP contribution in [0.15, 0.2) is 42.5 Å². The Morgan fingerprint density at radius 3 is 2.50 bits per heavy atom. The first-order chi connectivity index (χ1) is 17.7. The summed E-state index contributed by atoms with van der Waals surface area (Å²) in [6.07, 6.45) is 9.10. The highest BCUT2D eigenvalue weighted by molar-refractivity contribution is 5.89. The van der Waals surface area contributed by atoms with Crippen molar-refractivity contribution < 1.29 is 14.3 Å². The quantitative estimate of drug-likeness (QED) is 0.529. The van der Waals surface area contributed by atoms with Crippen LogP contribution in [0.25, 0.3) is 0 Å². The van der Waals surface area contributed by atoms with Crippen molar-refractivity contribution in [3.63, 3.8) is 0 Å². The zero-order chi connectivity index (χ0) is 24.5. The van der Waals surface area contributed by atoms with Gasteiger partial charge in [-0.25, -0.2) is 4.79 Å². The Morgan fingerprint density at radius 1 is 1.06 bits per heavy atom. The van der Waals surface area contributed by atoms with E-state index in [2.05, 4.69) is 45.9 Å². The smallest absolute Gasteiger partial charge is 0.319 e. The minimum atomic E-state index is -0.256. The number of carbonyl (C=O) groups excluding carboxylic acids is 1. The number of nitrogens with zero attached hydrogens (tertiary/aromatic N) is 2. The predicted molar refractivity (Wildman–Crippen MR) is 138 cm³/mol. The van der Waals surface area contributed by atoms with Crippen LogP contribution in [-0.2, 0) is 4.74 Å². The van der Waals surface area contributed by atoms with Crippen molar-refractivity contribution in [2.75, 3.05) is 23.4 Å². The molecule has 7 heteroatoms. The second-order valence-corrected chi connectivity index (χ2v) is 10.6. The lowest BCUT2D eigenvalue weighted by molar-refractivity contribution is 0.0679. The van der Waals surface area contributed by atoms with Crippen LogP contribution in [0.3, 0.4) is 0 Å². The molecular formula is C29H34N4O3. The Hall–Kier alpha value is -3.24. The molecule has 2 saturated carbocycles. The third-order valence-electron chi connectivity index (χ3n) is 8.25. The van der Waals surface area contributed by atoms with Crippen LogP contribution >= 0.6 is 0 Å². The molecule has 2 aliphatic heterocycles. The molecule has 1 saturated heterocycles. The van der Waals surface area contributed by atoms with Crippen LogP contribution in [0.5, 0.6) is 5.75 Å². The molecule has 2 aromatic rings. The molecule has 0 aromatic heterocycles. The number of anilines is 2. The van der Waals surface area contributed by atoms with Gasteiger partial charge in [0.2, 0.25) is 0 Å². The molecule has 3 atom stereocenters. The van der Waals surface area contributed by atoms with E-state index in [1.165, 1.54) is 12.8 Å². The summed E-state index contributed by atoms with van der Waals surface area (Å²) in [5, 5.41) is 16.2. The molecule has 4 aliphatic rings. The van der Waals surface area contributed by atoms with E-state index in [0.717, 1.165) is 73.4 Å². The lowest BCUT2D eigenvalue weighted by Gasteiger charge is -2.41. The average Bonchev–Trinajstić information content (AvgIpc) is 3.46. The zero-order valence-electron chi connectivity index (χ0n) is 20.6. The SMILES string of the molecule is N#CC1c2ccc(OCC3CCCO3)cc2N(C2CCC2)C1c1ccc(NC(=O)NC2CCC2)cc1. The minimum Gasteiger partial charge on any atom is -0.491 e. The molecule has 36 heavy (non-hydrogen) atoms. The number of nitrogens with one attached hydrogen (secondary N) is 2. The van der Waals surface area contributed by atoms with Crippen molar-refractivity contribution in [3.05, 3.63) is 53.6 Å². The number of amides is 2. The van der Waals surface area contributed by atoms with E-state index in [-0.39, 0.29) is 24.1 Å². The van der Waals surface area contributed by atoms with Crippen LogP contribution in [-0.4, -0.2) is 37.4 Å². The number of carbonyl (C=O) groups is 1. The second kappa shape index (κ2) is 10.0. The highest BCUT2D eigenvalue weighted by Crippen LogP contribution is 2.53. The van der Waals surface area contributed by atoms with E-state index < -0.39 is 0 Å². The van der Waals surface area contributed by atoms with Crippen molar-refractivity contribution >= 4 is 17.4 Å².